The molecule has 25 heavy (non-hydrogen) atoms. The molecule has 0 bridgehead atoms. The number of carbonyl (C=O) groups excluding carboxylic acids is 3. The summed E-state index contributed by atoms with van der Waals surface area (Å²) < 4.78 is 42.6. The monoisotopic (exact) mass is 363 g/mol. The van der Waals surface area contributed by atoms with E-state index in [9.17, 15) is 27.6 Å². The van der Waals surface area contributed by atoms with Crippen LogP contribution in [0, 0.1) is 5.92 Å². The lowest BCUT2D eigenvalue weighted by molar-refractivity contribution is -0.187. The summed E-state index contributed by atoms with van der Waals surface area (Å²) in [6, 6.07) is 0. The SMILES string of the molecule is O=C1NCC2(CCN(C(=O)C3CCN(C(=O)C(F)(F)F)CC3)CC2)O1. The van der Waals surface area contributed by atoms with Crippen molar-refractivity contribution in [3.05, 3.63) is 0 Å². The molecular formula is C15H20F3N3O4. The molecule has 0 unspecified atom stereocenters. The smallest absolute Gasteiger partial charge is 0.441 e. The number of alkyl halides is 3. The van der Waals surface area contributed by atoms with Gasteiger partial charge in [-0.25, -0.2) is 4.79 Å². The zero-order valence-electron chi connectivity index (χ0n) is 13.6. The summed E-state index contributed by atoms with van der Waals surface area (Å²) >= 11 is 0. The highest BCUT2D eigenvalue weighted by Crippen LogP contribution is 2.31. The molecule has 7 nitrogen and oxygen atoms in total. The number of ether oxygens (including phenoxy) is 1. The van der Waals surface area contributed by atoms with Crippen LogP contribution >= 0.6 is 0 Å². The Morgan fingerprint density at radius 2 is 1.68 bits per heavy atom. The van der Waals surface area contributed by atoms with E-state index >= 15 is 0 Å². The molecule has 0 aromatic heterocycles. The fourth-order valence-electron chi connectivity index (χ4n) is 3.68. The van der Waals surface area contributed by atoms with Crippen LogP contribution in [-0.2, 0) is 14.3 Å². The second-order valence-corrected chi connectivity index (χ2v) is 6.82. The molecule has 0 saturated carbocycles. The van der Waals surface area contributed by atoms with Crippen LogP contribution in [0.15, 0.2) is 0 Å². The number of piperidine rings is 2. The Hall–Kier alpha value is -2.00. The molecule has 1 spiro atoms. The second-order valence-electron chi connectivity index (χ2n) is 6.82. The van der Waals surface area contributed by atoms with E-state index in [1.165, 1.54) is 0 Å². The summed E-state index contributed by atoms with van der Waals surface area (Å²) in [5.41, 5.74) is -0.545. The van der Waals surface area contributed by atoms with Gasteiger partial charge in [-0.2, -0.15) is 13.2 Å². The second kappa shape index (κ2) is 6.38. The predicted molar refractivity (Wildman–Crippen MR) is 78.4 cm³/mol. The Morgan fingerprint density at radius 1 is 1.08 bits per heavy atom. The molecular weight excluding hydrogens is 343 g/mol. The lowest BCUT2D eigenvalue weighted by atomic mass is 9.89. The quantitative estimate of drug-likeness (QED) is 0.750. The van der Waals surface area contributed by atoms with Gasteiger partial charge in [-0.05, 0) is 12.8 Å². The predicted octanol–water partition coefficient (Wildman–Crippen LogP) is 0.888. The Morgan fingerprint density at radius 3 is 2.16 bits per heavy atom. The summed E-state index contributed by atoms with van der Waals surface area (Å²) in [6.45, 7) is 1.22. The van der Waals surface area contributed by atoms with Crippen LogP contribution in [0.2, 0.25) is 0 Å². The molecule has 0 aromatic carbocycles. The number of halogens is 3. The van der Waals surface area contributed by atoms with Crippen molar-refractivity contribution in [3.63, 3.8) is 0 Å². The number of amides is 3. The van der Waals surface area contributed by atoms with Crippen molar-refractivity contribution in [3.8, 4) is 0 Å². The lowest BCUT2D eigenvalue weighted by Gasteiger charge is -2.40. The van der Waals surface area contributed by atoms with Crippen LogP contribution in [0.1, 0.15) is 25.7 Å². The van der Waals surface area contributed by atoms with Crippen molar-refractivity contribution in [2.75, 3.05) is 32.7 Å². The van der Waals surface area contributed by atoms with E-state index in [2.05, 4.69) is 5.32 Å². The highest BCUT2D eigenvalue weighted by molar-refractivity contribution is 5.83. The third-order valence-electron chi connectivity index (χ3n) is 5.22. The van der Waals surface area contributed by atoms with Crippen molar-refractivity contribution in [2.45, 2.75) is 37.5 Å². The third-order valence-corrected chi connectivity index (χ3v) is 5.22. The summed E-state index contributed by atoms with van der Waals surface area (Å²) in [6.07, 6.45) is -3.75. The standard InChI is InChI=1S/C15H20F3N3O4/c16-15(17,18)12(23)21-5-1-10(2-6-21)11(22)20-7-3-14(4-8-20)9-19-13(24)25-14/h10H,1-9H2,(H,19,24). The van der Waals surface area contributed by atoms with Gasteiger partial charge < -0.3 is 19.9 Å². The van der Waals surface area contributed by atoms with Gasteiger partial charge in [0.1, 0.15) is 5.60 Å². The van der Waals surface area contributed by atoms with E-state index in [0.29, 0.717) is 32.5 Å². The number of likely N-dealkylation sites (tertiary alicyclic amines) is 2. The molecule has 3 amide bonds. The maximum absolute atomic E-state index is 12.6. The van der Waals surface area contributed by atoms with Crippen molar-refractivity contribution >= 4 is 17.9 Å². The molecule has 3 aliphatic heterocycles. The minimum Gasteiger partial charge on any atom is -0.441 e. The van der Waals surface area contributed by atoms with E-state index in [4.69, 9.17) is 4.74 Å². The van der Waals surface area contributed by atoms with Gasteiger partial charge in [0, 0.05) is 44.9 Å². The number of alkyl carbamates (subject to hydrolysis) is 1. The number of nitrogens with one attached hydrogen (secondary N) is 1. The van der Waals surface area contributed by atoms with Gasteiger partial charge in [0.25, 0.3) is 0 Å². The largest absolute Gasteiger partial charge is 0.471 e. The first-order valence-electron chi connectivity index (χ1n) is 8.32. The van der Waals surface area contributed by atoms with Crippen molar-refractivity contribution < 1.29 is 32.3 Å². The van der Waals surface area contributed by atoms with E-state index < -0.39 is 23.8 Å². The normalized spacial score (nSPS) is 24.2. The molecule has 140 valence electrons. The van der Waals surface area contributed by atoms with Crippen molar-refractivity contribution in [1.82, 2.24) is 15.1 Å². The molecule has 0 aliphatic carbocycles. The first-order valence-corrected chi connectivity index (χ1v) is 8.32. The van der Waals surface area contributed by atoms with Gasteiger partial charge in [0.05, 0.1) is 6.54 Å². The number of nitrogens with zero attached hydrogens (tertiary/aromatic N) is 2. The van der Waals surface area contributed by atoms with Crippen molar-refractivity contribution in [2.24, 2.45) is 5.92 Å². The summed E-state index contributed by atoms with van der Waals surface area (Å²) in [7, 11) is 0. The molecule has 3 aliphatic rings. The average Bonchev–Trinajstić information content (AvgIpc) is 2.94. The first kappa shape index (κ1) is 17.8. The minimum atomic E-state index is -4.87. The maximum atomic E-state index is 12.6. The van der Waals surface area contributed by atoms with Crippen LogP contribution in [-0.4, -0.2) is 72.2 Å². The van der Waals surface area contributed by atoms with E-state index in [0.717, 1.165) is 4.90 Å². The van der Waals surface area contributed by atoms with E-state index in [-0.39, 0.29) is 37.8 Å². The molecule has 0 aromatic rings. The average molecular weight is 363 g/mol. The van der Waals surface area contributed by atoms with E-state index in [1.54, 1.807) is 4.90 Å². The Kier molecular flexibility index (Phi) is 4.54. The number of hydrogen-bond donors (Lipinski definition) is 1. The summed E-state index contributed by atoms with van der Waals surface area (Å²) in [5, 5.41) is 2.62. The fraction of sp³-hybridized carbons (Fsp3) is 0.800. The molecule has 10 heteroatoms. The maximum Gasteiger partial charge on any atom is 0.471 e. The van der Waals surface area contributed by atoms with Gasteiger partial charge in [-0.15, -0.1) is 0 Å². The van der Waals surface area contributed by atoms with Crippen LogP contribution in [0.25, 0.3) is 0 Å². The lowest BCUT2D eigenvalue weighted by Crippen LogP contribution is -2.52. The molecule has 3 saturated heterocycles. The fourth-order valence-corrected chi connectivity index (χ4v) is 3.68. The first-order chi connectivity index (χ1) is 11.7. The molecule has 3 fully saturated rings. The minimum absolute atomic E-state index is 0.0614. The van der Waals surface area contributed by atoms with E-state index in [1.807, 2.05) is 0 Å². The van der Waals surface area contributed by atoms with Gasteiger partial charge in [-0.1, -0.05) is 0 Å². The Balaban J connectivity index is 1.49. The van der Waals surface area contributed by atoms with Crippen LogP contribution < -0.4 is 5.32 Å². The number of hydrogen-bond acceptors (Lipinski definition) is 4. The topological polar surface area (TPSA) is 79.0 Å². The molecule has 1 N–H and O–H groups in total. The highest BCUT2D eigenvalue weighted by Gasteiger charge is 2.46. The molecule has 3 heterocycles. The molecule has 3 rings (SSSR count). The van der Waals surface area contributed by atoms with Crippen LogP contribution in [0.5, 0.6) is 0 Å². The van der Waals surface area contributed by atoms with Crippen molar-refractivity contribution in [1.29, 1.82) is 0 Å². The zero-order valence-corrected chi connectivity index (χ0v) is 13.6. The third kappa shape index (κ3) is 3.67. The van der Waals surface area contributed by atoms with Crippen LogP contribution in [0.4, 0.5) is 18.0 Å². The van der Waals surface area contributed by atoms with Gasteiger partial charge in [0.15, 0.2) is 0 Å². The Labute approximate surface area is 142 Å². The summed E-state index contributed by atoms with van der Waals surface area (Å²) in [4.78, 5) is 37.5. The number of rotatable bonds is 1. The van der Waals surface area contributed by atoms with Gasteiger partial charge >= 0.3 is 18.2 Å². The molecule has 0 atom stereocenters. The number of carbonyl (C=O) groups is 3. The van der Waals surface area contributed by atoms with Gasteiger partial charge in [-0.3, -0.25) is 9.59 Å². The molecule has 0 radical (unpaired) electrons. The highest BCUT2D eigenvalue weighted by atomic mass is 19.4. The summed E-state index contributed by atoms with van der Waals surface area (Å²) in [5.74, 6) is -2.30. The van der Waals surface area contributed by atoms with Gasteiger partial charge in [0.2, 0.25) is 5.91 Å². The Bertz CT molecular complexity index is 565. The zero-order chi connectivity index (χ0) is 18.2. The van der Waals surface area contributed by atoms with Crippen LogP contribution in [0.3, 0.4) is 0 Å².